The van der Waals surface area contributed by atoms with Gasteiger partial charge in [-0.25, -0.2) is 14.8 Å². The second-order valence-corrected chi connectivity index (χ2v) is 5.84. The summed E-state index contributed by atoms with van der Waals surface area (Å²) in [5, 5.41) is 3.07. The molecule has 1 saturated heterocycles. The second-order valence-electron chi connectivity index (χ2n) is 5.84. The number of anilines is 2. The van der Waals surface area contributed by atoms with Gasteiger partial charge in [-0.05, 0) is 24.3 Å². The number of hydrogen-bond acceptors (Lipinski definition) is 7. The molecule has 0 radical (unpaired) electrons. The van der Waals surface area contributed by atoms with E-state index < -0.39 is 5.97 Å². The number of amides is 1. The van der Waals surface area contributed by atoms with Crippen molar-refractivity contribution in [1.29, 1.82) is 0 Å². The molecule has 26 heavy (non-hydrogen) atoms. The molecular formula is C18H21N5O3. The number of methoxy groups -OCH3 is 1. The Labute approximate surface area is 151 Å². The molecule has 1 fully saturated rings. The van der Waals surface area contributed by atoms with Crippen molar-refractivity contribution in [2.45, 2.75) is 0 Å². The Balaban J connectivity index is 1.50. The highest BCUT2D eigenvalue weighted by Gasteiger charge is 2.22. The summed E-state index contributed by atoms with van der Waals surface area (Å²) in [4.78, 5) is 36.3. The third kappa shape index (κ3) is 4.27. The lowest BCUT2D eigenvalue weighted by atomic mass is 10.2. The number of aromatic nitrogens is 2. The highest BCUT2D eigenvalue weighted by Crippen LogP contribution is 2.13. The number of carbonyl (C=O) groups is 2. The zero-order valence-corrected chi connectivity index (χ0v) is 14.6. The van der Waals surface area contributed by atoms with Crippen LogP contribution in [0, 0.1) is 0 Å². The topological polar surface area (TPSA) is 87.7 Å². The molecule has 1 aromatic carbocycles. The molecule has 1 aliphatic heterocycles. The predicted molar refractivity (Wildman–Crippen MR) is 97.1 cm³/mol. The molecule has 1 N–H and O–H groups in total. The summed E-state index contributed by atoms with van der Waals surface area (Å²) >= 11 is 0. The van der Waals surface area contributed by atoms with Crippen LogP contribution in [0.4, 0.5) is 11.6 Å². The standard InChI is InChI=1S/C18H21N5O3/c1-26-17(25)14-4-2-5-15(12-14)21-13-16(24)22-8-10-23(11-9-22)18-19-6-3-7-20-18/h2-7,12,21H,8-11,13H2,1H3. The van der Waals surface area contributed by atoms with Gasteiger partial charge in [0, 0.05) is 44.3 Å². The summed E-state index contributed by atoms with van der Waals surface area (Å²) in [7, 11) is 1.34. The predicted octanol–water partition coefficient (Wildman–Crippen LogP) is 1.02. The van der Waals surface area contributed by atoms with Gasteiger partial charge in [-0.3, -0.25) is 4.79 Å². The molecule has 0 atom stereocenters. The van der Waals surface area contributed by atoms with E-state index in [4.69, 9.17) is 4.74 Å². The van der Waals surface area contributed by atoms with E-state index in [-0.39, 0.29) is 12.5 Å². The first-order valence-electron chi connectivity index (χ1n) is 8.39. The van der Waals surface area contributed by atoms with Crippen molar-refractivity contribution in [3.8, 4) is 0 Å². The fraction of sp³-hybridized carbons (Fsp3) is 0.333. The van der Waals surface area contributed by atoms with Crippen LogP contribution in [0.15, 0.2) is 42.7 Å². The van der Waals surface area contributed by atoms with Crippen molar-refractivity contribution in [1.82, 2.24) is 14.9 Å². The number of carbonyl (C=O) groups excluding carboxylic acids is 2. The molecule has 0 unspecified atom stereocenters. The van der Waals surface area contributed by atoms with E-state index in [1.54, 1.807) is 36.7 Å². The fourth-order valence-electron chi connectivity index (χ4n) is 2.77. The number of hydrogen-bond donors (Lipinski definition) is 1. The number of nitrogens with zero attached hydrogens (tertiary/aromatic N) is 4. The summed E-state index contributed by atoms with van der Waals surface area (Å²) in [5.41, 5.74) is 1.15. The van der Waals surface area contributed by atoms with Crippen LogP contribution in [0.2, 0.25) is 0 Å². The third-order valence-corrected chi connectivity index (χ3v) is 4.19. The second kappa shape index (κ2) is 8.28. The minimum Gasteiger partial charge on any atom is -0.465 e. The number of esters is 1. The van der Waals surface area contributed by atoms with Crippen LogP contribution >= 0.6 is 0 Å². The first kappa shape index (κ1) is 17.7. The van der Waals surface area contributed by atoms with E-state index in [0.717, 1.165) is 0 Å². The monoisotopic (exact) mass is 355 g/mol. The van der Waals surface area contributed by atoms with Crippen molar-refractivity contribution >= 4 is 23.5 Å². The Morgan fingerprint density at radius 3 is 2.54 bits per heavy atom. The number of ether oxygens (including phenoxy) is 1. The van der Waals surface area contributed by atoms with Crippen LogP contribution in [0.25, 0.3) is 0 Å². The van der Waals surface area contributed by atoms with Crippen LogP contribution in [0.1, 0.15) is 10.4 Å². The van der Waals surface area contributed by atoms with Crippen molar-refractivity contribution in [3.05, 3.63) is 48.3 Å². The lowest BCUT2D eigenvalue weighted by Gasteiger charge is -2.34. The molecule has 3 rings (SSSR count). The highest BCUT2D eigenvalue weighted by atomic mass is 16.5. The van der Waals surface area contributed by atoms with E-state index in [2.05, 4.69) is 20.2 Å². The van der Waals surface area contributed by atoms with Crippen LogP contribution in [0.3, 0.4) is 0 Å². The summed E-state index contributed by atoms with van der Waals surface area (Å²) in [5.74, 6) is 0.304. The number of benzene rings is 1. The molecule has 1 aliphatic rings. The quantitative estimate of drug-likeness (QED) is 0.801. The molecule has 0 bridgehead atoms. The highest BCUT2D eigenvalue weighted by molar-refractivity contribution is 5.90. The normalized spacial score (nSPS) is 14.0. The van der Waals surface area contributed by atoms with E-state index in [9.17, 15) is 9.59 Å². The Morgan fingerprint density at radius 2 is 1.85 bits per heavy atom. The van der Waals surface area contributed by atoms with Gasteiger partial charge in [-0.1, -0.05) is 6.07 Å². The van der Waals surface area contributed by atoms with Gasteiger partial charge in [-0.15, -0.1) is 0 Å². The average molecular weight is 355 g/mol. The lowest BCUT2D eigenvalue weighted by Crippen LogP contribution is -2.50. The van der Waals surface area contributed by atoms with Crippen LogP contribution < -0.4 is 10.2 Å². The largest absolute Gasteiger partial charge is 0.465 e. The summed E-state index contributed by atoms with van der Waals surface area (Å²) < 4.78 is 4.70. The Bertz CT molecular complexity index is 760. The van der Waals surface area contributed by atoms with E-state index in [1.165, 1.54) is 7.11 Å². The maximum atomic E-state index is 12.4. The summed E-state index contributed by atoms with van der Waals surface area (Å²) in [6.07, 6.45) is 3.43. The fourth-order valence-corrected chi connectivity index (χ4v) is 2.77. The van der Waals surface area contributed by atoms with Crippen LogP contribution in [-0.4, -0.2) is 66.6 Å². The molecule has 1 amide bonds. The van der Waals surface area contributed by atoms with Gasteiger partial charge in [-0.2, -0.15) is 0 Å². The molecule has 8 nitrogen and oxygen atoms in total. The van der Waals surface area contributed by atoms with E-state index >= 15 is 0 Å². The van der Waals surface area contributed by atoms with E-state index in [0.29, 0.717) is 43.4 Å². The molecule has 1 aromatic heterocycles. The van der Waals surface area contributed by atoms with Gasteiger partial charge < -0.3 is 19.9 Å². The third-order valence-electron chi connectivity index (χ3n) is 4.19. The lowest BCUT2D eigenvalue weighted by molar-refractivity contribution is -0.129. The Kier molecular flexibility index (Phi) is 5.62. The molecule has 8 heteroatoms. The van der Waals surface area contributed by atoms with Gasteiger partial charge in [0.05, 0.1) is 19.2 Å². The molecule has 0 saturated carbocycles. The average Bonchev–Trinajstić information content (AvgIpc) is 2.72. The van der Waals surface area contributed by atoms with Crippen molar-refractivity contribution < 1.29 is 14.3 Å². The number of nitrogens with one attached hydrogen (secondary N) is 1. The maximum absolute atomic E-state index is 12.4. The Hall–Kier alpha value is -3.16. The molecule has 2 heterocycles. The molecule has 2 aromatic rings. The van der Waals surface area contributed by atoms with Gasteiger partial charge in [0.15, 0.2) is 0 Å². The smallest absolute Gasteiger partial charge is 0.337 e. The first-order chi connectivity index (χ1) is 12.7. The molecule has 0 spiro atoms. The molecule has 136 valence electrons. The SMILES string of the molecule is COC(=O)c1cccc(NCC(=O)N2CCN(c3ncccn3)CC2)c1. The molecule has 0 aliphatic carbocycles. The van der Waals surface area contributed by atoms with E-state index in [1.807, 2.05) is 11.0 Å². The maximum Gasteiger partial charge on any atom is 0.337 e. The van der Waals surface area contributed by atoms with Gasteiger partial charge >= 0.3 is 5.97 Å². The van der Waals surface area contributed by atoms with Crippen molar-refractivity contribution in [2.75, 3.05) is 50.1 Å². The van der Waals surface area contributed by atoms with Crippen molar-refractivity contribution in [2.24, 2.45) is 0 Å². The minimum absolute atomic E-state index is 0.0158. The number of rotatable bonds is 5. The van der Waals surface area contributed by atoms with Gasteiger partial charge in [0.25, 0.3) is 0 Å². The van der Waals surface area contributed by atoms with Crippen molar-refractivity contribution in [3.63, 3.8) is 0 Å². The first-order valence-corrected chi connectivity index (χ1v) is 8.39. The zero-order valence-electron chi connectivity index (χ0n) is 14.6. The minimum atomic E-state index is -0.403. The van der Waals surface area contributed by atoms with Crippen LogP contribution in [0.5, 0.6) is 0 Å². The van der Waals surface area contributed by atoms with Gasteiger partial charge in [0.2, 0.25) is 11.9 Å². The Morgan fingerprint density at radius 1 is 1.12 bits per heavy atom. The molecular weight excluding hydrogens is 334 g/mol. The number of piperazine rings is 1. The summed E-state index contributed by atoms with van der Waals surface area (Å²) in [6, 6.07) is 8.68. The van der Waals surface area contributed by atoms with Gasteiger partial charge in [0.1, 0.15) is 0 Å². The summed E-state index contributed by atoms with van der Waals surface area (Å²) in [6.45, 7) is 2.83. The zero-order chi connectivity index (χ0) is 18.4. The van der Waals surface area contributed by atoms with Crippen LogP contribution in [-0.2, 0) is 9.53 Å².